The van der Waals surface area contributed by atoms with E-state index < -0.39 is 30.3 Å². The van der Waals surface area contributed by atoms with Gasteiger partial charge in [0.15, 0.2) is 6.10 Å². The van der Waals surface area contributed by atoms with Crippen LogP contribution in [0.25, 0.3) is 0 Å². The maximum Gasteiger partial charge on any atom is 0.573 e. The molecule has 0 heterocycles. The Hall–Kier alpha value is -3.47. The standard InChI is InChI=1S/C28H34F3NO7/c1-2-36-25(26(33)34)18-20-8-10-22(11-9-20)37-17-16-32(19-21-6-4-3-5-7-21)27(35)38-23-12-14-24(15-13-23)39-28(29,30)31/h8-15,21,25H,2-7,16-19H2,1H3,(H,33,34). The van der Waals surface area contributed by atoms with Gasteiger partial charge in [-0.05, 0) is 67.6 Å². The second-order valence-corrected chi connectivity index (χ2v) is 9.32. The number of carboxylic acid groups (broad SMARTS) is 1. The van der Waals surface area contributed by atoms with E-state index >= 15 is 0 Å². The molecule has 0 aliphatic heterocycles. The lowest BCUT2D eigenvalue weighted by molar-refractivity contribution is -0.274. The van der Waals surface area contributed by atoms with Crippen molar-refractivity contribution in [2.24, 2.45) is 5.92 Å². The summed E-state index contributed by atoms with van der Waals surface area (Å²) in [6.07, 6.45) is -0.721. The minimum Gasteiger partial charge on any atom is -0.492 e. The molecule has 214 valence electrons. The number of nitrogens with zero attached hydrogens (tertiary/aromatic N) is 1. The quantitative estimate of drug-likeness (QED) is 0.321. The molecule has 1 N–H and O–H groups in total. The Labute approximate surface area is 225 Å². The van der Waals surface area contributed by atoms with Crippen LogP contribution in [0.3, 0.4) is 0 Å². The van der Waals surface area contributed by atoms with Gasteiger partial charge in [0.1, 0.15) is 23.9 Å². The Morgan fingerprint density at radius 3 is 2.18 bits per heavy atom. The molecule has 1 aliphatic rings. The van der Waals surface area contributed by atoms with Crippen molar-refractivity contribution in [2.75, 3.05) is 26.3 Å². The van der Waals surface area contributed by atoms with E-state index in [9.17, 15) is 27.9 Å². The minimum atomic E-state index is -4.81. The summed E-state index contributed by atoms with van der Waals surface area (Å²) in [4.78, 5) is 25.8. The highest BCUT2D eigenvalue weighted by molar-refractivity contribution is 5.72. The SMILES string of the molecule is CCOC(Cc1ccc(OCCN(CC2CCCCC2)C(=O)Oc2ccc(OC(F)(F)F)cc2)cc1)C(=O)O. The Balaban J connectivity index is 1.57. The number of halogens is 3. The van der Waals surface area contributed by atoms with Gasteiger partial charge in [-0.1, -0.05) is 31.4 Å². The predicted molar refractivity (Wildman–Crippen MR) is 136 cm³/mol. The van der Waals surface area contributed by atoms with Gasteiger partial charge in [-0.15, -0.1) is 13.2 Å². The van der Waals surface area contributed by atoms with Crippen LogP contribution in [0.15, 0.2) is 48.5 Å². The molecule has 1 saturated carbocycles. The maximum absolute atomic E-state index is 13.0. The molecule has 1 amide bonds. The van der Waals surface area contributed by atoms with Gasteiger partial charge in [0, 0.05) is 19.6 Å². The number of ether oxygens (including phenoxy) is 4. The molecule has 1 fully saturated rings. The molecule has 0 bridgehead atoms. The van der Waals surface area contributed by atoms with Crippen molar-refractivity contribution < 1.29 is 46.8 Å². The molecule has 1 aliphatic carbocycles. The zero-order valence-corrected chi connectivity index (χ0v) is 21.8. The normalized spacial score (nSPS) is 14.9. The average molecular weight is 554 g/mol. The molecular formula is C28H34F3NO7. The first kappa shape index (κ1) is 30.1. The molecule has 0 saturated heterocycles. The molecule has 8 nitrogen and oxygen atoms in total. The molecule has 11 heteroatoms. The molecule has 1 unspecified atom stereocenters. The lowest BCUT2D eigenvalue weighted by Gasteiger charge is -2.29. The summed E-state index contributed by atoms with van der Waals surface area (Å²) in [6, 6.07) is 11.7. The van der Waals surface area contributed by atoms with Crippen molar-refractivity contribution in [2.45, 2.75) is 57.9 Å². The van der Waals surface area contributed by atoms with Gasteiger partial charge in [0.25, 0.3) is 0 Å². The summed E-state index contributed by atoms with van der Waals surface area (Å²) >= 11 is 0. The first-order chi connectivity index (χ1) is 18.6. The van der Waals surface area contributed by atoms with E-state index in [4.69, 9.17) is 14.2 Å². The fourth-order valence-corrected chi connectivity index (χ4v) is 4.44. The molecule has 3 rings (SSSR count). The van der Waals surface area contributed by atoms with Crippen molar-refractivity contribution in [1.82, 2.24) is 4.90 Å². The fourth-order valence-electron chi connectivity index (χ4n) is 4.44. The van der Waals surface area contributed by atoms with E-state index in [-0.39, 0.29) is 25.3 Å². The molecule has 0 aromatic heterocycles. The number of aliphatic carboxylic acids is 1. The first-order valence-electron chi connectivity index (χ1n) is 13.0. The number of rotatable bonds is 13. The predicted octanol–water partition coefficient (Wildman–Crippen LogP) is 6.08. The third-order valence-electron chi connectivity index (χ3n) is 6.34. The zero-order valence-electron chi connectivity index (χ0n) is 21.8. The van der Waals surface area contributed by atoms with Gasteiger partial charge in [-0.3, -0.25) is 0 Å². The van der Waals surface area contributed by atoms with Crippen LogP contribution in [0.5, 0.6) is 17.2 Å². The molecule has 0 spiro atoms. The van der Waals surface area contributed by atoms with E-state index in [0.29, 0.717) is 24.8 Å². The van der Waals surface area contributed by atoms with Crippen molar-refractivity contribution in [3.63, 3.8) is 0 Å². The second kappa shape index (κ2) is 14.6. The molecular weight excluding hydrogens is 519 g/mol. The smallest absolute Gasteiger partial charge is 0.492 e. The average Bonchev–Trinajstić information content (AvgIpc) is 2.89. The van der Waals surface area contributed by atoms with Gasteiger partial charge in [0.05, 0.1) is 6.54 Å². The van der Waals surface area contributed by atoms with Gasteiger partial charge >= 0.3 is 18.4 Å². The van der Waals surface area contributed by atoms with Gasteiger partial charge < -0.3 is 29.0 Å². The van der Waals surface area contributed by atoms with Gasteiger partial charge in [-0.25, -0.2) is 9.59 Å². The number of hydrogen-bond acceptors (Lipinski definition) is 6. The van der Waals surface area contributed by atoms with Gasteiger partial charge in [0.2, 0.25) is 0 Å². The van der Waals surface area contributed by atoms with E-state index in [0.717, 1.165) is 43.4 Å². The highest BCUT2D eigenvalue weighted by atomic mass is 19.4. The van der Waals surface area contributed by atoms with E-state index in [2.05, 4.69) is 4.74 Å². The number of amides is 1. The van der Waals surface area contributed by atoms with E-state index in [1.807, 2.05) is 0 Å². The minimum absolute atomic E-state index is 0.103. The van der Waals surface area contributed by atoms with Crippen molar-refractivity contribution in [3.05, 3.63) is 54.1 Å². The summed E-state index contributed by atoms with van der Waals surface area (Å²) in [5.74, 6) is -0.426. The summed E-state index contributed by atoms with van der Waals surface area (Å²) in [5.41, 5.74) is 0.789. The number of carbonyl (C=O) groups excluding carboxylic acids is 1. The van der Waals surface area contributed by atoms with Crippen LogP contribution < -0.4 is 14.2 Å². The number of benzene rings is 2. The van der Waals surface area contributed by atoms with Crippen LogP contribution >= 0.6 is 0 Å². The Bertz CT molecular complexity index is 1040. The number of hydrogen-bond donors (Lipinski definition) is 1. The van der Waals surface area contributed by atoms with Crippen molar-refractivity contribution in [3.8, 4) is 17.2 Å². The summed E-state index contributed by atoms with van der Waals surface area (Å²) in [5, 5.41) is 9.26. The zero-order chi connectivity index (χ0) is 28.3. The number of alkyl halides is 3. The molecule has 39 heavy (non-hydrogen) atoms. The molecule has 1 atom stereocenters. The van der Waals surface area contributed by atoms with E-state index in [1.54, 1.807) is 36.1 Å². The Morgan fingerprint density at radius 2 is 1.59 bits per heavy atom. The number of carbonyl (C=O) groups is 2. The first-order valence-corrected chi connectivity index (χ1v) is 13.0. The molecule has 2 aromatic carbocycles. The molecule has 0 radical (unpaired) electrons. The van der Waals surface area contributed by atoms with Crippen LogP contribution in [0, 0.1) is 5.92 Å². The second-order valence-electron chi connectivity index (χ2n) is 9.32. The van der Waals surface area contributed by atoms with Crippen molar-refractivity contribution in [1.29, 1.82) is 0 Å². The van der Waals surface area contributed by atoms with Crippen LogP contribution in [-0.4, -0.2) is 60.8 Å². The maximum atomic E-state index is 13.0. The van der Waals surface area contributed by atoms with Crippen molar-refractivity contribution >= 4 is 12.1 Å². The third-order valence-corrected chi connectivity index (χ3v) is 6.34. The van der Waals surface area contributed by atoms with Crippen LogP contribution in [0.1, 0.15) is 44.6 Å². The monoisotopic (exact) mass is 553 g/mol. The van der Waals surface area contributed by atoms with Crippen LogP contribution in [-0.2, 0) is 16.0 Å². The summed E-state index contributed by atoms with van der Waals surface area (Å²) in [6.45, 7) is 2.97. The lowest BCUT2D eigenvalue weighted by Crippen LogP contribution is -2.40. The Kier molecular flexibility index (Phi) is 11.3. The van der Waals surface area contributed by atoms with Gasteiger partial charge in [-0.2, -0.15) is 0 Å². The third kappa shape index (κ3) is 10.7. The summed E-state index contributed by atoms with van der Waals surface area (Å²) < 4.78 is 57.5. The lowest BCUT2D eigenvalue weighted by atomic mass is 9.89. The topological polar surface area (TPSA) is 94.5 Å². The Morgan fingerprint density at radius 1 is 0.974 bits per heavy atom. The fraction of sp³-hybridized carbons (Fsp3) is 0.500. The van der Waals surface area contributed by atoms with E-state index in [1.165, 1.54) is 18.6 Å². The van der Waals surface area contributed by atoms with Crippen LogP contribution in [0.2, 0.25) is 0 Å². The highest BCUT2D eigenvalue weighted by Gasteiger charge is 2.31. The molecule has 2 aromatic rings. The highest BCUT2D eigenvalue weighted by Crippen LogP contribution is 2.27. The largest absolute Gasteiger partial charge is 0.573 e. The number of carboxylic acids is 1. The van der Waals surface area contributed by atoms with Crippen LogP contribution in [0.4, 0.5) is 18.0 Å². The summed E-state index contributed by atoms with van der Waals surface area (Å²) in [7, 11) is 0.